The van der Waals surface area contributed by atoms with Crippen LogP contribution in [0.4, 0.5) is 0 Å². The Balaban J connectivity index is 1.98. The van der Waals surface area contributed by atoms with Gasteiger partial charge < -0.3 is 18.9 Å². The fourth-order valence-electron chi connectivity index (χ4n) is 2.28. The lowest BCUT2D eigenvalue weighted by atomic mass is 10.2. The molecule has 0 spiro atoms. The summed E-state index contributed by atoms with van der Waals surface area (Å²) in [4.78, 5) is 16.2. The van der Waals surface area contributed by atoms with Gasteiger partial charge in [0.05, 0.1) is 32.4 Å². The number of benzene rings is 1. The highest BCUT2D eigenvalue weighted by molar-refractivity contribution is 5.72. The Morgan fingerprint density at radius 2 is 1.80 bits per heavy atom. The highest BCUT2D eigenvalue weighted by Crippen LogP contribution is 2.28. The third-order valence-electron chi connectivity index (χ3n) is 3.39. The minimum absolute atomic E-state index is 0.0549. The zero-order valence-electron chi connectivity index (χ0n) is 14.8. The van der Waals surface area contributed by atoms with Gasteiger partial charge in [0.1, 0.15) is 12.4 Å². The van der Waals surface area contributed by atoms with E-state index in [1.165, 1.54) is 0 Å². The molecule has 0 amide bonds. The first-order valence-electron chi connectivity index (χ1n) is 8.19. The lowest BCUT2D eigenvalue weighted by Gasteiger charge is -2.13. The van der Waals surface area contributed by atoms with Crippen LogP contribution in [-0.2, 0) is 22.6 Å². The number of carbonyl (C=O) groups excluding carboxylic acids is 1. The number of nitrogens with zero attached hydrogens (tertiary/aromatic N) is 1. The van der Waals surface area contributed by atoms with Crippen molar-refractivity contribution in [3.05, 3.63) is 47.8 Å². The third kappa shape index (κ3) is 5.38. The predicted octanol–water partition coefficient (Wildman–Crippen LogP) is 3.17. The number of methoxy groups -OCH3 is 1. The van der Waals surface area contributed by atoms with Crippen LogP contribution >= 0.6 is 0 Å². The van der Waals surface area contributed by atoms with Crippen molar-refractivity contribution in [1.29, 1.82) is 0 Å². The minimum Gasteiger partial charge on any atom is -0.495 e. The van der Waals surface area contributed by atoms with Crippen LogP contribution in [0.15, 0.2) is 36.5 Å². The zero-order chi connectivity index (χ0) is 18.1. The SMILES string of the molecule is CCOc1ccc(COC(=O)Cc2ncccc2OC)cc1OCC. The molecular formula is C19H23NO5. The van der Waals surface area contributed by atoms with Crippen molar-refractivity contribution < 1.29 is 23.7 Å². The van der Waals surface area contributed by atoms with E-state index in [-0.39, 0.29) is 19.0 Å². The Morgan fingerprint density at radius 3 is 2.52 bits per heavy atom. The van der Waals surface area contributed by atoms with Gasteiger partial charge in [-0.2, -0.15) is 0 Å². The number of pyridine rings is 1. The van der Waals surface area contributed by atoms with Crippen LogP contribution < -0.4 is 14.2 Å². The van der Waals surface area contributed by atoms with Gasteiger partial charge in [-0.25, -0.2) is 0 Å². The maximum atomic E-state index is 12.1. The molecule has 0 fully saturated rings. The number of carbonyl (C=O) groups is 1. The van der Waals surface area contributed by atoms with E-state index in [9.17, 15) is 4.79 Å². The normalized spacial score (nSPS) is 10.2. The van der Waals surface area contributed by atoms with Gasteiger partial charge in [-0.3, -0.25) is 9.78 Å². The number of ether oxygens (including phenoxy) is 4. The molecule has 0 saturated heterocycles. The molecule has 25 heavy (non-hydrogen) atoms. The third-order valence-corrected chi connectivity index (χ3v) is 3.39. The Hall–Kier alpha value is -2.76. The second kappa shape index (κ2) is 9.52. The van der Waals surface area contributed by atoms with Crippen LogP contribution in [0.25, 0.3) is 0 Å². The zero-order valence-corrected chi connectivity index (χ0v) is 14.8. The van der Waals surface area contributed by atoms with Crippen LogP contribution in [0.3, 0.4) is 0 Å². The molecule has 0 radical (unpaired) electrons. The van der Waals surface area contributed by atoms with E-state index >= 15 is 0 Å². The summed E-state index contributed by atoms with van der Waals surface area (Å²) in [7, 11) is 1.54. The van der Waals surface area contributed by atoms with Crippen molar-refractivity contribution in [1.82, 2.24) is 4.98 Å². The average Bonchev–Trinajstić information content (AvgIpc) is 2.62. The molecule has 0 bridgehead atoms. The van der Waals surface area contributed by atoms with Gasteiger partial charge in [0.25, 0.3) is 0 Å². The first kappa shape index (κ1) is 18.6. The van der Waals surface area contributed by atoms with Crippen molar-refractivity contribution in [2.45, 2.75) is 26.9 Å². The van der Waals surface area contributed by atoms with Gasteiger partial charge in [0.2, 0.25) is 0 Å². The summed E-state index contributed by atoms with van der Waals surface area (Å²) in [6.07, 6.45) is 1.67. The van der Waals surface area contributed by atoms with E-state index in [1.807, 2.05) is 32.0 Å². The molecule has 6 nitrogen and oxygen atoms in total. The van der Waals surface area contributed by atoms with Crippen LogP contribution in [0.2, 0.25) is 0 Å². The minimum atomic E-state index is -0.371. The monoisotopic (exact) mass is 345 g/mol. The summed E-state index contributed by atoms with van der Waals surface area (Å²) >= 11 is 0. The molecule has 0 aliphatic rings. The van der Waals surface area contributed by atoms with Crippen LogP contribution in [0, 0.1) is 0 Å². The summed E-state index contributed by atoms with van der Waals surface area (Å²) in [5.74, 6) is 1.52. The molecule has 1 aromatic carbocycles. The standard InChI is InChI=1S/C19H23NO5/c1-4-23-17-9-8-14(11-18(17)24-5-2)13-25-19(21)12-15-16(22-3)7-6-10-20-15/h6-11H,4-5,12-13H2,1-3H3. The summed E-state index contributed by atoms with van der Waals surface area (Å²) in [5, 5.41) is 0. The van der Waals surface area contributed by atoms with Crippen molar-refractivity contribution in [3.63, 3.8) is 0 Å². The molecule has 1 aromatic heterocycles. The number of hydrogen-bond donors (Lipinski definition) is 0. The lowest BCUT2D eigenvalue weighted by molar-refractivity contribution is -0.144. The van der Waals surface area contributed by atoms with E-state index < -0.39 is 0 Å². The summed E-state index contributed by atoms with van der Waals surface area (Å²) in [6, 6.07) is 9.00. The molecule has 0 aliphatic heterocycles. The number of aromatic nitrogens is 1. The molecule has 2 aromatic rings. The average molecular weight is 345 g/mol. The molecule has 134 valence electrons. The Bertz CT molecular complexity index is 702. The van der Waals surface area contributed by atoms with Crippen molar-refractivity contribution in [3.8, 4) is 17.2 Å². The second-order valence-corrected chi connectivity index (χ2v) is 5.14. The smallest absolute Gasteiger partial charge is 0.312 e. The van der Waals surface area contributed by atoms with Crippen molar-refractivity contribution in [2.75, 3.05) is 20.3 Å². The van der Waals surface area contributed by atoms with Gasteiger partial charge in [0.15, 0.2) is 11.5 Å². The maximum absolute atomic E-state index is 12.1. The molecule has 0 atom stereocenters. The van der Waals surface area contributed by atoms with Crippen LogP contribution in [0.1, 0.15) is 25.1 Å². The molecule has 6 heteroatoms. The first-order valence-corrected chi connectivity index (χ1v) is 8.19. The van der Waals surface area contributed by atoms with Gasteiger partial charge in [-0.15, -0.1) is 0 Å². The topological polar surface area (TPSA) is 66.9 Å². The van der Waals surface area contributed by atoms with Crippen LogP contribution in [-0.4, -0.2) is 31.3 Å². The molecular weight excluding hydrogens is 322 g/mol. The van der Waals surface area contributed by atoms with E-state index in [1.54, 1.807) is 25.4 Å². The molecule has 0 saturated carbocycles. The Labute approximate surface area is 147 Å². The molecule has 0 aliphatic carbocycles. The van der Waals surface area contributed by atoms with E-state index in [0.717, 1.165) is 5.56 Å². The van der Waals surface area contributed by atoms with E-state index in [0.29, 0.717) is 36.2 Å². The van der Waals surface area contributed by atoms with Crippen molar-refractivity contribution in [2.24, 2.45) is 0 Å². The molecule has 0 N–H and O–H groups in total. The summed E-state index contributed by atoms with van der Waals surface area (Å²) in [6.45, 7) is 5.06. The lowest BCUT2D eigenvalue weighted by Crippen LogP contribution is -2.10. The van der Waals surface area contributed by atoms with Gasteiger partial charge >= 0.3 is 5.97 Å². The van der Waals surface area contributed by atoms with Gasteiger partial charge in [0, 0.05) is 6.20 Å². The van der Waals surface area contributed by atoms with E-state index in [4.69, 9.17) is 18.9 Å². The van der Waals surface area contributed by atoms with Crippen molar-refractivity contribution >= 4 is 5.97 Å². The molecule has 0 unspecified atom stereocenters. The van der Waals surface area contributed by atoms with E-state index in [2.05, 4.69) is 4.98 Å². The largest absolute Gasteiger partial charge is 0.495 e. The number of hydrogen-bond acceptors (Lipinski definition) is 6. The summed E-state index contributed by atoms with van der Waals surface area (Å²) < 4.78 is 21.6. The predicted molar refractivity (Wildman–Crippen MR) is 93.1 cm³/mol. The fourth-order valence-corrected chi connectivity index (χ4v) is 2.28. The van der Waals surface area contributed by atoms with Gasteiger partial charge in [-0.1, -0.05) is 6.07 Å². The quantitative estimate of drug-likeness (QED) is 0.650. The molecule has 2 rings (SSSR count). The fraction of sp³-hybridized carbons (Fsp3) is 0.368. The number of rotatable bonds is 9. The maximum Gasteiger partial charge on any atom is 0.312 e. The Morgan fingerprint density at radius 1 is 1.04 bits per heavy atom. The number of esters is 1. The first-order chi connectivity index (χ1) is 12.2. The van der Waals surface area contributed by atoms with Gasteiger partial charge in [-0.05, 0) is 43.7 Å². The molecule has 1 heterocycles. The highest BCUT2D eigenvalue weighted by Gasteiger charge is 2.12. The summed E-state index contributed by atoms with van der Waals surface area (Å²) in [5.41, 5.74) is 1.38. The Kier molecular flexibility index (Phi) is 7.07. The highest BCUT2D eigenvalue weighted by atomic mass is 16.5. The second-order valence-electron chi connectivity index (χ2n) is 5.14. The van der Waals surface area contributed by atoms with Crippen LogP contribution in [0.5, 0.6) is 17.2 Å².